The maximum absolute atomic E-state index is 11.0. The van der Waals surface area contributed by atoms with Crippen LogP contribution in [0.4, 0.5) is 0 Å². The topological polar surface area (TPSA) is 56.0 Å². The Bertz CT molecular complexity index is 518. The van der Waals surface area contributed by atoms with Gasteiger partial charge in [-0.15, -0.1) is 22.7 Å². The van der Waals surface area contributed by atoms with Crippen molar-refractivity contribution < 1.29 is 4.79 Å². The first-order valence-electron chi connectivity index (χ1n) is 4.11. The van der Waals surface area contributed by atoms with Gasteiger partial charge >= 0.3 is 0 Å². The number of thiophene rings is 1. The minimum absolute atomic E-state index is 0.432. The molecule has 1 amide bonds. The fourth-order valence-corrected chi connectivity index (χ4v) is 3.18. The third-order valence-corrected chi connectivity index (χ3v) is 4.38. The van der Waals surface area contributed by atoms with Crippen LogP contribution in [0.2, 0.25) is 4.34 Å². The molecule has 0 fully saturated rings. The lowest BCUT2D eigenvalue weighted by Crippen LogP contribution is -2.09. The van der Waals surface area contributed by atoms with Crippen LogP contribution in [0.25, 0.3) is 9.88 Å². The third kappa shape index (κ3) is 2.04. The lowest BCUT2D eigenvalue weighted by molar-refractivity contribution is 0.100. The summed E-state index contributed by atoms with van der Waals surface area (Å²) in [4.78, 5) is 16.8. The molecule has 2 aromatic heterocycles. The molecular weight excluding hydrogens is 252 g/mol. The molecule has 2 aromatic rings. The van der Waals surface area contributed by atoms with Crippen LogP contribution in [0.3, 0.4) is 0 Å². The number of amides is 1. The zero-order chi connectivity index (χ0) is 11.0. The first kappa shape index (κ1) is 10.6. The molecule has 0 saturated heterocycles. The Hall–Kier alpha value is -0.910. The zero-order valence-electron chi connectivity index (χ0n) is 7.78. The minimum atomic E-state index is -0.432. The van der Waals surface area contributed by atoms with Crippen LogP contribution >= 0.6 is 34.3 Å². The van der Waals surface area contributed by atoms with E-state index in [1.807, 2.05) is 12.1 Å². The normalized spacial score (nSPS) is 10.5. The number of aryl methyl sites for hydroxylation is 1. The first-order chi connectivity index (χ1) is 7.08. The number of rotatable bonds is 2. The van der Waals surface area contributed by atoms with Crippen LogP contribution in [0.1, 0.15) is 15.4 Å². The molecule has 2 heterocycles. The van der Waals surface area contributed by atoms with E-state index < -0.39 is 5.91 Å². The van der Waals surface area contributed by atoms with E-state index in [2.05, 4.69) is 4.98 Å². The van der Waals surface area contributed by atoms with E-state index in [9.17, 15) is 4.79 Å². The fraction of sp³-hybridized carbons (Fsp3) is 0.111. The summed E-state index contributed by atoms with van der Waals surface area (Å²) in [7, 11) is 0. The molecule has 0 aliphatic carbocycles. The van der Waals surface area contributed by atoms with Gasteiger partial charge in [0.25, 0.3) is 5.91 Å². The van der Waals surface area contributed by atoms with Crippen LogP contribution in [0.5, 0.6) is 0 Å². The molecule has 0 bridgehead atoms. The predicted molar refractivity (Wildman–Crippen MR) is 63.7 cm³/mol. The summed E-state index contributed by atoms with van der Waals surface area (Å²) in [6, 6.07) is 3.69. The molecule has 0 atom stereocenters. The van der Waals surface area contributed by atoms with E-state index in [1.165, 1.54) is 22.7 Å². The molecule has 0 aliphatic heterocycles. The van der Waals surface area contributed by atoms with Crippen molar-refractivity contribution in [3.05, 3.63) is 27.0 Å². The Morgan fingerprint density at radius 2 is 2.20 bits per heavy atom. The van der Waals surface area contributed by atoms with Crippen molar-refractivity contribution in [1.82, 2.24) is 4.98 Å². The molecule has 0 radical (unpaired) electrons. The summed E-state index contributed by atoms with van der Waals surface area (Å²) in [6.07, 6.45) is 0. The van der Waals surface area contributed by atoms with Crippen molar-refractivity contribution >= 4 is 40.2 Å². The average molecular weight is 259 g/mol. The molecule has 78 valence electrons. The number of thiazole rings is 1. The van der Waals surface area contributed by atoms with Crippen LogP contribution in [0, 0.1) is 6.92 Å². The predicted octanol–water partition coefficient (Wildman–Crippen LogP) is 2.93. The van der Waals surface area contributed by atoms with Crippen LogP contribution in [-0.2, 0) is 0 Å². The summed E-state index contributed by atoms with van der Waals surface area (Å²) in [5, 5.41) is 0.790. The molecule has 0 saturated carbocycles. The number of hydrogen-bond acceptors (Lipinski definition) is 4. The van der Waals surface area contributed by atoms with Gasteiger partial charge in [0.1, 0.15) is 9.88 Å². The second kappa shape index (κ2) is 3.92. The molecular formula is C9H7ClN2OS2. The van der Waals surface area contributed by atoms with E-state index >= 15 is 0 Å². The number of halogens is 1. The highest BCUT2D eigenvalue weighted by Gasteiger charge is 2.14. The van der Waals surface area contributed by atoms with E-state index in [-0.39, 0.29) is 0 Å². The molecule has 2 N–H and O–H groups in total. The molecule has 3 nitrogen and oxygen atoms in total. The second-order valence-corrected chi connectivity index (χ2v) is 5.62. The largest absolute Gasteiger partial charge is 0.365 e. The monoisotopic (exact) mass is 258 g/mol. The smallest absolute Gasteiger partial charge is 0.260 e. The lowest BCUT2D eigenvalue weighted by atomic mass is 10.4. The number of carbonyl (C=O) groups is 1. The summed E-state index contributed by atoms with van der Waals surface area (Å²) in [5.74, 6) is -0.432. The van der Waals surface area contributed by atoms with Crippen LogP contribution < -0.4 is 5.73 Å². The summed E-state index contributed by atoms with van der Waals surface area (Å²) < 4.78 is 0.707. The molecule has 0 aromatic carbocycles. The molecule has 0 unspecified atom stereocenters. The zero-order valence-corrected chi connectivity index (χ0v) is 10.2. The van der Waals surface area contributed by atoms with Crippen molar-refractivity contribution in [2.75, 3.05) is 0 Å². The van der Waals surface area contributed by atoms with Crippen molar-refractivity contribution in [3.63, 3.8) is 0 Å². The fourth-order valence-electron chi connectivity index (χ4n) is 1.16. The van der Waals surface area contributed by atoms with Crippen molar-refractivity contribution in [2.24, 2.45) is 5.73 Å². The molecule has 6 heteroatoms. The van der Waals surface area contributed by atoms with Gasteiger partial charge in [-0.25, -0.2) is 4.98 Å². The van der Waals surface area contributed by atoms with Gasteiger partial charge in [0.05, 0.1) is 14.9 Å². The van der Waals surface area contributed by atoms with E-state index in [0.717, 1.165) is 9.88 Å². The van der Waals surface area contributed by atoms with Crippen molar-refractivity contribution in [1.29, 1.82) is 0 Å². The first-order valence-corrected chi connectivity index (χ1v) is 6.12. The van der Waals surface area contributed by atoms with E-state index in [4.69, 9.17) is 17.3 Å². The Morgan fingerprint density at radius 1 is 1.47 bits per heavy atom. The number of primary amides is 1. The Kier molecular flexibility index (Phi) is 2.77. The molecule has 0 aliphatic rings. The third-order valence-electron chi connectivity index (χ3n) is 1.80. The van der Waals surface area contributed by atoms with E-state index in [1.54, 1.807) is 6.92 Å². The van der Waals surface area contributed by atoms with Gasteiger partial charge in [-0.2, -0.15) is 0 Å². The quantitative estimate of drug-likeness (QED) is 0.900. The Morgan fingerprint density at radius 3 is 2.67 bits per heavy atom. The van der Waals surface area contributed by atoms with Gasteiger partial charge < -0.3 is 5.73 Å². The average Bonchev–Trinajstić information content (AvgIpc) is 2.71. The number of hydrogen-bond donors (Lipinski definition) is 1. The highest BCUT2D eigenvalue weighted by atomic mass is 35.5. The second-order valence-electron chi connectivity index (χ2n) is 2.90. The number of carbonyl (C=O) groups excluding carboxylic acids is 1. The molecule has 2 rings (SSSR count). The summed E-state index contributed by atoms with van der Waals surface area (Å²) >= 11 is 8.56. The maximum atomic E-state index is 11.0. The van der Waals surface area contributed by atoms with Gasteiger partial charge in [-0.1, -0.05) is 11.6 Å². The lowest BCUT2D eigenvalue weighted by Gasteiger charge is -1.86. The van der Waals surface area contributed by atoms with E-state index in [0.29, 0.717) is 14.9 Å². The van der Waals surface area contributed by atoms with Crippen molar-refractivity contribution in [3.8, 4) is 9.88 Å². The SMILES string of the molecule is Cc1nc(-c2ccc(Cl)s2)sc1C(N)=O. The summed E-state index contributed by atoms with van der Waals surface area (Å²) in [5.41, 5.74) is 5.89. The number of nitrogens with zero attached hydrogens (tertiary/aromatic N) is 1. The standard InChI is InChI=1S/C9H7ClN2OS2/c1-4-7(8(11)13)15-9(12-4)5-2-3-6(10)14-5/h2-3H,1H3,(H2,11,13). The minimum Gasteiger partial charge on any atom is -0.365 e. The van der Waals surface area contributed by atoms with Gasteiger partial charge in [0, 0.05) is 0 Å². The number of aromatic nitrogens is 1. The van der Waals surface area contributed by atoms with Crippen LogP contribution in [0.15, 0.2) is 12.1 Å². The van der Waals surface area contributed by atoms with Gasteiger partial charge in [0.2, 0.25) is 0 Å². The highest BCUT2D eigenvalue weighted by Crippen LogP contribution is 2.34. The van der Waals surface area contributed by atoms with Crippen molar-refractivity contribution in [2.45, 2.75) is 6.92 Å². The molecule has 0 spiro atoms. The Labute approximate surface area is 99.5 Å². The Balaban J connectivity index is 2.46. The van der Waals surface area contributed by atoms with Crippen LogP contribution in [-0.4, -0.2) is 10.9 Å². The number of nitrogens with two attached hydrogens (primary N) is 1. The summed E-state index contributed by atoms with van der Waals surface area (Å²) in [6.45, 7) is 1.77. The van der Waals surface area contributed by atoms with Gasteiger partial charge in [0.15, 0.2) is 0 Å². The van der Waals surface area contributed by atoms with Gasteiger partial charge in [-0.05, 0) is 19.1 Å². The molecule has 15 heavy (non-hydrogen) atoms. The maximum Gasteiger partial charge on any atom is 0.260 e. The highest BCUT2D eigenvalue weighted by molar-refractivity contribution is 7.24. The van der Waals surface area contributed by atoms with Gasteiger partial charge in [-0.3, -0.25) is 4.79 Å².